The smallest absolute Gasteiger partial charge is 0.0468 e. The van der Waals surface area contributed by atoms with Crippen molar-refractivity contribution in [1.82, 2.24) is 9.80 Å². The molecule has 1 aliphatic rings. The SMILES string of the molecule is Cc1ccc(C(CN)N(C)CCN2CCCC2)cc1Br. The van der Waals surface area contributed by atoms with Gasteiger partial charge in [0.25, 0.3) is 0 Å². The van der Waals surface area contributed by atoms with Crippen LogP contribution in [0.1, 0.15) is 30.0 Å². The predicted molar refractivity (Wildman–Crippen MR) is 89.0 cm³/mol. The molecule has 0 aromatic heterocycles. The molecule has 1 saturated heterocycles. The molecule has 0 amide bonds. The molecule has 0 bridgehead atoms. The first-order chi connectivity index (χ1) is 9.61. The van der Waals surface area contributed by atoms with Gasteiger partial charge in [-0.15, -0.1) is 0 Å². The van der Waals surface area contributed by atoms with Crippen LogP contribution in [-0.2, 0) is 0 Å². The number of aryl methyl sites for hydroxylation is 1. The van der Waals surface area contributed by atoms with Crippen molar-refractivity contribution in [2.45, 2.75) is 25.8 Å². The maximum atomic E-state index is 6.01. The fourth-order valence-corrected chi connectivity index (χ4v) is 3.24. The molecule has 112 valence electrons. The van der Waals surface area contributed by atoms with E-state index in [1.54, 1.807) is 0 Å². The van der Waals surface area contributed by atoms with Gasteiger partial charge in [0.1, 0.15) is 0 Å². The van der Waals surface area contributed by atoms with E-state index in [2.05, 4.69) is 57.9 Å². The van der Waals surface area contributed by atoms with Gasteiger partial charge in [-0.3, -0.25) is 4.90 Å². The zero-order chi connectivity index (χ0) is 14.5. The molecular formula is C16H26BrN3. The van der Waals surface area contributed by atoms with E-state index in [1.165, 1.54) is 41.5 Å². The third-order valence-electron chi connectivity index (χ3n) is 4.30. The Morgan fingerprint density at radius 3 is 2.65 bits per heavy atom. The number of halogens is 1. The van der Waals surface area contributed by atoms with Crippen LogP contribution in [0.25, 0.3) is 0 Å². The fraction of sp³-hybridized carbons (Fsp3) is 0.625. The van der Waals surface area contributed by atoms with Crippen molar-refractivity contribution in [3.8, 4) is 0 Å². The lowest BCUT2D eigenvalue weighted by Crippen LogP contribution is -2.36. The number of nitrogens with two attached hydrogens (primary N) is 1. The quantitative estimate of drug-likeness (QED) is 0.864. The molecule has 2 N–H and O–H groups in total. The lowest BCUT2D eigenvalue weighted by molar-refractivity contribution is 0.209. The molecule has 1 unspecified atom stereocenters. The van der Waals surface area contributed by atoms with Crippen LogP contribution in [0.15, 0.2) is 22.7 Å². The topological polar surface area (TPSA) is 32.5 Å². The second-order valence-corrected chi connectivity index (χ2v) is 6.64. The van der Waals surface area contributed by atoms with Crippen LogP contribution >= 0.6 is 15.9 Å². The van der Waals surface area contributed by atoms with Crippen LogP contribution < -0.4 is 5.73 Å². The minimum Gasteiger partial charge on any atom is -0.329 e. The van der Waals surface area contributed by atoms with Gasteiger partial charge in [0.05, 0.1) is 0 Å². The summed E-state index contributed by atoms with van der Waals surface area (Å²) in [5.74, 6) is 0. The van der Waals surface area contributed by atoms with E-state index in [9.17, 15) is 0 Å². The van der Waals surface area contributed by atoms with Crippen molar-refractivity contribution >= 4 is 15.9 Å². The van der Waals surface area contributed by atoms with Gasteiger partial charge in [0.15, 0.2) is 0 Å². The van der Waals surface area contributed by atoms with Crippen molar-refractivity contribution in [3.63, 3.8) is 0 Å². The average molecular weight is 340 g/mol. The highest BCUT2D eigenvalue weighted by Gasteiger charge is 2.18. The summed E-state index contributed by atoms with van der Waals surface area (Å²) >= 11 is 3.62. The van der Waals surface area contributed by atoms with Crippen LogP contribution in [0.3, 0.4) is 0 Å². The van der Waals surface area contributed by atoms with E-state index in [0.29, 0.717) is 12.6 Å². The third kappa shape index (κ3) is 4.04. The van der Waals surface area contributed by atoms with Gasteiger partial charge >= 0.3 is 0 Å². The second-order valence-electron chi connectivity index (χ2n) is 5.79. The molecule has 0 aliphatic carbocycles. The molecule has 3 nitrogen and oxygen atoms in total. The maximum absolute atomic E-state index is 6.01. The lowest BCUT2D eigenvalue weighted by atomic mass is 10.0. The van der Waals surface area contributed by atoms with Gasteiger partial charge in [0, 0.05) is 30.1 Å². The Balaban J connectivity index is 1.96. The summed E-state index contributed by atoms with van der Waals surface area (Å²) < 4.78 is 1.17. The van der Waals surface area contributed by atoms with Crippen molar-refractivity contribution < 1.29 is 0 Å². The van der Waals surface area contributed by atoms with Gasteiger partial charge in [-0.05, 0) is 57.1 Å². The van der Waals surface area contributed by atoms with Crippen LogP contribution in [0.2, 0.25) is 0 Å². The monoisotopic (exact) mass is 339 g/mol. The number of likely N-dealkylation sites (N-methyl/N-ethyl adjacent to an activating group) is 1. The standard InChI is InChI=1S/C16H26BrN3/c1-13-5-6-14(11-15(13)17)16(12-18)19(2)9-10-20-7-3-4-8-20/h5-6,11,16H,3-4,7-10,12,18H2,1-2H3. The number of rotatable bonds is 6. The van der Waals surface area contributed by atoms with E-state index in [-0.39, 0.29) is 0 Å². The van der Waals surface area contributed by atoms with Gasteiger partial charge in [0.2, 0.25) is 0 Å². The average Bonchev–Trinajstić information content (AvgIpc) is 2.94. The van der Waals surface area contributed by atoms with Crippen molar-refractivity contribution in [2.24, 2.45) is 5.73 Å². The Hall–Kier alpha value is -0.420. The van der Waals surface area contributed by atoms with Gasteiger partial charge in [-0.1, -0.05) is 28.1 Å². The molecule has 1 aromatic rings. The van der Waals surface area contributed by atoms with Crippen LogP contribution in [0.4, 0.5) is 0 Å². The number of hydrogen-bond acceptors (Lipinski definition) is 3. The molecule has 1 atom stereocenters. The van der Waals surface area contributed by atoms with E-state index >= 15 is 0 Å². The molecule has 0 radical (unpaired) electrons. The number of hydrogen-bond donors (Lipinski definition) is 1. The predicted octanol–water partition coefficient (Wildman–Crippen LogP) is 2.78. The largest absolute Gasteiger partial charge is 0.329 e. The molecule has 0 saturated carbocycles. The van der Waals surface area contributed by atoms with Gasteiger partial charge in [-0.25, -0.2) is 0 Å². The maximum Gasteiger partial charge on any atom is 0.0468 e. The van der Waals surface area contributed by atoms with Crippen molar-refractivity contribution in [3.05, 3.63) is 33.8 Å². The summed E-state index contributed by atoms with van der Waals surface area (Å²) in [6.07, 6.45) is 2.71. The Morgan fingerprint density at radius 1 is 1.35 bits per heavy atom. The van der Waals surface area contributed by atoms with E-state index < -0.39 is 0 Å². The third-order valence-corrected chi connectivity index (χ3v) is 5.16. The molecule has 0 spiro atoms. The van der Waals surface area contributed by atoms with E-state index in [0.717, 1.165) is 13.1 Å². The lowest BCUT2D eigenvalue weighted by Gasteiger charge is -2.29. The Morgan fingerprint density at radius 2 is 2.05 bits per heavy atom. The van der Waals surface area contributed by atoms with Crippen LogP contribution in [0, 0.1) is 6.92 Å². The Labute approximate surface area is 131 Å². The number of nitrogens with zero attached hydrogens (tertiary/aromatic N) is 2. The molecule has 4 heteroatoms. The summed E-state index contributed by atoms with van der Waals surface area (Å²) in [4.78, 5) is 4.94. The van der Waals surface area contributed by atoms with Gasteiger partial charge < -0.3 is 10.6 Å². The van der Waals surface area contributed by atoms with E-state index in [1.807, 2.05) is 0 Å². The molecule has 2 rings (SSSR count). The molecule has 20 heavy (non-hydrogen) atoms. The first-order valence-electron chi connectivity index (χ1n) is 7.50. The highest BCUT2D eigenvalue weighted by atomic mass is 79.9. The first kappa shape index (κ1) is 16.0. The number of benzene rings is 1. The van der Waals surface area contributed by atoms with Gasteiger partial charge in [-0.2, -0.15) is 0 Å². The number of likely N-dealkylation sites (tertiary alicyclic amines) is 1. The molecule has 1 heterocycles. The molecule has 1 fully saturated rings. The Bertz CT molecular complexity index is 430. The second kappa shape index (κ2) is 7.55. The highest BCUT2D eigenvalue weighted by Crippen LogP contribution is 2.24. The van der Waals surface area contributed by atoms with Crippen LogP contribution in [-0.4, -0.2) is 49.6 Å². The fourth-order valence-electron chi connectivity index (χ4n) is 2.85. The minimum atomic E-state index is 0.300. The zero-order valence-corrected chi connectivity index (χ0v) is 14.2. The minimum absolute atomic E-state index is 0.300. The molecule has 1 aromatic carbocycles. The highest BCUT2D eigenvalue weighted by molar-refractivity contribution is 9.10. The summed E-state index contributed by atoms with van der Waals surface area (Å²) in [5, 5.41) is 0. The summed E-state index contributed by atoms with van der Waals surface area (Å²) in [5.41, 5.74) is 8.57. The first-order valence-corrected chi connectivity index (χ1v) is 8.30. The summed E-state index contributed by atoms with van der Waals surface area (Å²) in [6, 6.07) is 6.87. The zero-order valence-electron chi connectivity index (χ0n) is 12.6. The Kier molecular flexibility index (Phi) is 6.02. The van der Waals surface area contributed by atoms with Crippen LogP contribution in [0.5, 0.6) is 0 Å². The normalized spacial score (nSPS) is 17.9. The van der Waals surface area contributed by atoms with E-state index in [4.69, 9.17) is 5.73 Å². The molecule has 1 aliphatic heterocycles. The van der Waals surface area contributed by atoms with Crippen molar-refractivity contribution in [1.29, 1.82) is 0 Å². The summed E-state index contributed by atoms with van der Waals surface area (Å²) in [6.45, 7) is 7.52. The van der Waals surface area contributed by atoms with Crippen molar-refractivity contribution in [2.75, 3.05) is 39.8 Å². The summed E-state index contributed by atoms with van der Waals surface area (Å²) in [7, 11) is 2.18. The molecular weight excluding hydrogens is 314 g/mol.